The van der Waals surface area contributed by atoms with Crippen molar-refractivity contribution in [1.82, 2.24) is 0 Å². The highest BCUT2D eigenvalue weighted by molar-refractivity contribution is 5.22. The molecular formula is C15H22O. The van der Waals surface area contributed by atoms with Crippen molar-refractivity contribution in [3.63, 3.8) is 0 Å². The largest absolute Gasteiger partial charge is 0.393 e. The van der Waals surface area contributed by atoms with E-state index in [1.54, 1.807) is 0 Å². The maximum absolute atomic E-state index is 10.1. The molecule has 0 amide bonds. The second-order valence-electron chi connectivity index (χ2n) is 5.16. The van der Waals surface area contributed by atoms with Gasteiger partial charge in [-0.2, -0.15) is 0 Å². The minimum atomic E-state index is -0.0805. The normalized spacial score (nSPS) is 26.4. The molecule has 0 aromatic heterocycles. The molecule has 0 spiro atoms. The Labute approximate surface area is 98.5 Å². The van der Waals surface area contributed by atoms with Gasteiger partial charge in [0.2, 0.25) is 0 Å². The standard InChI is InChI=1S/C15H22O/c1-12-6-5-7-13(10-12)11-14-8-3-2-4-9-15(14)16/h5-7,10,14-16H,2-4,8-9,11H2,1H3. The molecule has 1 nitrogen and oxygen atoms in total. The van der Waals surface area contributed by atoms with Crippen molar-refractivity contribution >= 4 is 0 Å². The van der Waals surface area contributed by atoms with Crippen LogP contribution in [-0.4, -0.2) is 11.2 Å². The maximum atomic E-state index is 10.1. The first kappa shape index (κ1) is 11.7. The molecule has 1 saturated carbocycles. The summed E-state index contributed by atoms with van der Waals surface area (Å²) in [6.07, 6.45) is 6.93. The molecule has 1 aliphatic rings. The lowest BCUT2D eigenvalue weighted by Gasteiger charge is -2.20. The number of hydrogen-bond donors (Lipinski definition) is 1. The fourth-order valence-electron chi connectivity index (χ4n) is 2.74. The van der Waals surface area contributed by atoms with Gasteiger partial charge in [0, 0.05) is 0 Å². The summed E-state index contributed by atoms with van der Waals surface area (Å²) in [5.74, 6) is 0.476. The van der Waals surface area contributed by atoms with Gasteiger partial charge in [-0.05, 0) is 37.7 Å². The van der Waals surface area contributed by atoms with Crippen LogP contribution >= 0.6 is 0 Å². The predicted octanol–water partition coefficient (Wildman–Crippen LogP) is 3.48. The Hall–Kier alpha value is -0.820. The van der Waals surface area contributed by atoms with Crippen LogP contribution < -0.4 is 0 Å². The Morgan fingerprint density at radius 3 is 2.81 bits per heavy atom. The highest BCUT2D eigenvalue weighted by Crippen LogP contribution is 2.26. The third-order valence-electron chi connectivity index (χ3n) is 3.70. The van der Waals surface area contributed by atoms with E-state index in [0.717, 1.165) is 12.8 Å². The molecule has 1 aromatic rings. The average Bonchev–Trinajstić information content (AvgIpc) is 2.45. The molecule has 88 valence electrons. The Bertz CT molecular complexity index is 332. The predicted molar refractivity (Wildman–Crippen MR) is 67.5 cm³/mol. The Morgan fingerprint density at radius 1 is 1.19 bits per heavy atom. The van der Waals surface area contributed by atoms with Gasteiger partial charge >= 0.3 is 0 Å². The van der Waals surface area contributed by atoms with Crippen molar-refractivity contribution in [2.75, 3.05) is 0 Å². The highest BCUT2D eigenvalue weighted by Gasteiger charge is 2.21. The van der Waals surface area contributed by atoms with Crippen LogP contribution in [0.1, 0.15) is 43.2 Å². The smallest absolute Gasteiger partial charge is 0.0571 e. The van der Waals surface area contributed by atoms with E-state index in [9.17, 15) is 5.11 Å². The molecule has 1 aliphatic carbocycles. The van der Waals surface area contributed by atoms with E-state index in [1.807, 2.05) is 0 Å². The van der Waals surface area contributed by atoms with Gasteiger partial charge in [-0.25, -0.2) is 0 Å². The van der Waals surface area contributed by atoms with Gasteiger partial charge in [-0.15, -0.1) is 0 Å². The molecule has 0 saturated heterocycles. The molecule has 2 atom stereocenters. The zero-order valence-electron chi connectivity index (χ0n) is 10.2. The number of aryl methyl sites for hydroxylation is 1. The van der Waals surface area contributed by atoms with E-state index >= 15 is 0 Å². The topological polar surface area (TPSA) is 20.2 Å². The minimum Gasteiger partial charge on any atom is -0.393 e. The number of aliphatic hydroxyl groups is 1. The van der Waals surface area contributed by atoms with Gasteiger partial charge < -0.3 is 5.11 Å². The second-order valence-corrected chi connectivity index (χ2v) is 5.16. The molecule has 1 aromatic carbocycles. The zero-order valence-corrected chi connectivity index (χ0v) is 10.2. The van der Waals surface area contributed by atoms with E-state index < -0.39 is 0 Å². The van der Waals surface area contributed by atoms with Crippen molar-refractivity contribution in [1.29, 1.82) is 0 Å². The fourth-order valence-corrected chi connectivity index (χ4v) is 2.74. The number of aliphatic hydroxyl groups excluding tert-OH is 1. The molecule has 2 unspecified atom stereocenters. The van der Waals surface area contributed by atoms with Crippen LogP contribution in [0.15, 0.2) is 24.3 Å². The summed E-state index contributed by atoms with van der Waals surface area (Å²) in [5, 5.41) is 10.1. The van der Waals surface area contributed by atoms with Crippen molar-refractivity contribution < 1.29 is 5.11 Å². The molecule has 0 radical (unpaired) electrons. The molecule has 0 heterocycles. The van der Waals surface area contributed by atoms with Crippen molar-refractivity contribution in [3.8, 4) is 0 Å². The second kappa shape index (κ2) is 5.49. The van der Waals surface area contributed by atoms with E-state index in [1.165, 1.54) is 36.8 Å². The number of hydrogen-bond acceptors (Lipinski definition) is 1. The molecule has 2 rings (SSSR count). The van der Waals surface area contributed by atoms with Gasteiger partial charge in [-0.3, -0.25) is 0 Å². The highest BCUT2D eigenvalue weighted by atomic mass is 16.3. The molecule has 0 bridgehead atoms. The summed E-state index contributed by atoms with van der Waals surface area (Å²) in [7, 11) is 0. The van der Waals surface area contributed by atoms with Crippen LogP contribution in [0.3, 0.4) is 0 Å². The molecule has 0 aliphatic heterocycles. The summed E-state index contributed by atoms with van der Waals surface area (Å²) in [6, 6.07) is 8.68. The van der Waals surface area contributed by atoms with Crippen LogP contribution in [0.2, 0.25) is 0 Å². The van der Waals surface area contributed by atoms with E-state index in [2.05, 4.69) is 31.2 Å². The van der Waals surface area contributed by atoms with Crippen molar-refractivity contribution in [2.45, 2.75) is 51.6 Å². The van der Waals surface area contributed by atoms with Gasteiger partial charge in [-0.1, -0.05) is 49.1 Å². The fraction of sp³-hybridized carbons (Fsp3) is 0.600. The first-order valence-corrected chi connectivity index (χ1v) is 6.49. The van der Waals surface area contributed by atoms with E-state index in [0.29, 0.717) is 5.92 Å². The summed E-state index contributed by atoms with van der Waals surface area (Å²) < 4.78 is 0. The van der Waals surface area contributed by atoms with Crippen LogP contribution in [0.5, 0.6) is 0 Å². The van der Waals surface area contributed by atoms with Crippen LogP contribution in [0, 0.1) is 12.8 Å². The summed E-state index contributed by atoms with van der Waals surface area (Å²) in [6.45, 7) is 2.13. The zero-order chi connectivity index (χ0) is 11.4. The molecular weight excluding hydrogens is 196 g/mol. The van der Waals surface area contributed by atoms with Crippen LogP contribution in [0.25, 0.3) is 0 Å². The summed E-state index contributed by atoms with van der Waals surface area (Å²) >= 11 is 0. The Balaban J connectivity index is 2.02. The SMILES string of the molecule is Cc1cccc(CC2CCCCCC2O)c1. The molecule has 16 heavy (non-hydrogen) atoms. The molecule has 1 heteroatoms. The van der Waals surface area contributed by atoms with Crippen LogP contribution in [-0.2, 0) is 6.42 Å². The van der Waals surface area contributed by atoms with E-state index in [-0.39, 0.29) is 6.10 Å². The van der Waals surface area contributed by atoms with Gasteiger partial charge in [0.1, 0.15) is 0 Å². The third kappa shape index (κ3) is 3.08. The van der Waals surface area contributed by atoms with E-state index in [4.69, 9.17) is 0 Å². The van der Waals surface area contributed by atoms with Crippen LogP contribution in [0.4, 0.5) is 0 Å². The third-order valence-corrected chi connectivity index (χ3v) is 3.70. The lowest BCUT2D eigenvalue weighted by molar-refractivity contribution is 0.101. The van der Waals surface area contributed by atoms with Crippen molar-refractivity contribution in [2.24, 2.45) is 5.92 Å². The van der Waals surface area contributed by atoms with Gasteiger partial charge in [0.05, 0.1) is 6.10 Å². The number of rotatable bonds is 2. The summed E-state index contributed by atoms with van der Waals surface area (Å²) in [5.41, 5.74) is 2.70. The monoisotopic (exact) mass is 218 g/mol. The first-order valence-electron chi connectivity index (χ1n) is 6.49. The lowest BCUT2D eigenvalue weighted by Crippen LogP contribution is -2.21. The quantitative estimate of drug-likeness (QED) is 0.753. The van der Waals surface area contributed by atoms with Gasteiger partial charge in [0.25, 0.3) is 0 Å². The summed E-state index contributed by atoms with van der Waals surface area (Å²) in [4.78, 5) is 0. The first-order chi connectivity index (χ1) is 7.75. The number of benzene rings is 1. The molecule has 1 fully saturated rings. The van der Waals surface area contributed by atoms with Crippen molar-refractivity contribution in [3.05, 3.63) is 35.4 Å². The maximum Gasteiger partial charge on any atom is 0.0571 e. The minimum absolute atomic E-state index is 0.0805. The Morgan fingerprint density at radius 2 is 2.00 bits per heavy atom. The molecule has 1 N–H and O–H groups in total. The lowest BCUT2D eigenvalue weighted by atomic mass is 9.90. The average molecular weight is 218 g/mol. The Kier molecular flexibility index (Phi) is 4.00. The van der Waals surface area contributed by atoms with Gasteiger partial charge in [0.15, 0.2) is 0 Å².